The van der Waals surface area contributed by atoms with Crippen molar-refractivity contribution >= 4 is 18.0 Å². The predicted octanol–water partition coefficient (Wildman–Crippen LogP) is 2.56. The van der Waals surface area contributed by atoms with Crippen molar-refractivity contribution in [2.45, 2.75) is 6.92 Å². The summed E-state index contributed by atoms with van der Waals surface area (Å²) < 4.78 is 0. The molecule has 0 aliphatic heterocycles. The van der Waals surface area contributed by atoms with Gasteiger partial charge in [0.1, 0.15) is 11.4 Å². The Morgan fingerprint density at radius 2 is 1.68 bits per heavy atom. The van der Waals surface area contributed by atoms with Gasteiger partial charge in [0.25, 0.3) is 5.91 Å². The summed E-state index contributed by atoms with van der Waals surface area (Å²) >= 11 is 0. The predicted molar refractivity (Wildman–Crippen MR) is 82.4 cm³/mol. The van der Waals surface area contributed by atoms with Crippen LogP contribution >= 0.6 is 0 Å². The second kappa shape index (κ2) is 6.58. The maximum Gasteiger partial charge on any atom is 0.352 e. The van der Waals surface area contributed by atoms with Crippen molar-refractivity contribution in [3.05, 3.63) is 70.9 Å². The van der Waals surface area contributed by atoms with Gasteiger partial charge in [0.2, 0.25) is 0 Å². The standard InChI is InChI=1S/C17H15NO4/c1-11-4-2-3-5-14(11)16(20)18-15(17(21)22)10-12-6-8-13(19)9-7-12/h2-10,19H,1H3,(H,18,20)(H,21,22)/b15-10-. The SMILES string of the molecule is Cc1ccccc1C(=O)N/C(=C\c1ccc(O)cc1)C(=O)O. The highest BCUT2D eigenvalue weighted by molar-refractivity contribution is 6.03. The number of rotatable bonds is 4. The maximum absolute atomic E-state index is 12.2. The highest BCUT2D eigenvalue weighted by Crippen LogP contribution is 2.13. The number of benzene rings is 2. The number of phenols is 1. The summed E-state index contributed by atoms with van der Waals surface area (Å²) in [6.07, 6.45) is 1.33. The fourth-order valence-electron chi connectivity index (χ4n) is 1.91. The lowest BCUT2D eigenvalue weighted by Crippen LogP contribution is -2.27. The molecule has 112 valence electrons. The minimum absolute atomic E-state index is 0.0815. The van der Waals surface area contributed by atoms with E-state index in [0.717, 1.165) is 5.56 Å². The number of aliphatic carboxylic acids is 1. The Morgan fingerprint density at radius 1 is 1.05 bits per heavy atom. The van der Waals surface area contributed by atoms with Crippen LogP contribution in [0.1, 0.15) is 21.5 Å². The minimum atomic E-state index is -1.24. The van der Waals surface area contributed by atoms with Crippen LogP contribution in [-0.2, 0) is 4.79 Å². The zero-order chi connectivity index (χ0) is 16.1. The molecule has 0 radical (unpaired) electrons. The van der Waals surface area contributed by atoms with Crippen LogP contribution in [-0.4, -0.2) is 22.1 Å². The third-order valence-corrected chi connectivity index (χ3v) is 3.07. The number of hydrogen-bond donors (Lipinski definition) is 3. The zero-order valence-electron chi connectivity index (χ0n) is 11.9. The highest BCUT2D eigenvalue weighted by atomic mass is 16.4. The summed E-state index contributed by atoms with van der Waals surface area (Å²) in [6.45, 7) is 1.78. The van der Waals surface area contributed by atoms with Gasteiger partial charge in [0.15, 0.2) is 0 Å². The molecule has 0 atom stereocenters. The van der Waals surface area contributed by atoms with Crippen molar-refractivity contribution < 1.29 is 19.8 Å². The third-order valence-electron chi connectivity index (χ3n) is 3.07. The summed E-state index contributed by atoms with van der Waals surface area (Å²) in [5, 5.41) is 20.8. The summed E-state index contributed by atoms with van der Waals surface area (Å²) in [5.74, 6) is -1.64. The van der Waals surface area contributed by atoms with Gasteiger partial charge in [-0.25, -0.2) is 4.79 Å². The molecule has 22 heavy (non-hydrogen) atoms. The number of nitrogens with one attached hydrogen (secondary N) is 1. The first kappa shape index (κ1) is 15.3. The Kier molecular flexibility index (Phi) is 4.58. The number of hydrogen-bond acceptors (Lipinski definition) is 3. The van der Waals surface area contributed by atoms with Crippen molar-refractivity contribution in [1.82, 2.24) is 5.32 Å². The monoisotopic (exact) mass is 297 g/mol. The quantitative estimate of drug-likeness (QED) is 0.757. The second-order valence-corrected chi connectivity index (χ2v) is 4.72. The molecule has 0 fully saturated rings. The number of carbonyl (C=O) groups excluding carboxylic acids is 1. The van der Waals surface area contributed by atoms with Crippen LogP contribution in [0, 0.1) is 6.92 Å². The molecule has 0 aliphatic carbocycles. The first-order valence-electron chi connectivity index (χ1n) is 6.58. The van der Waals surface area contributed by atoms with E-state index < -0.39 is 11.9 Å². The van der Waals surface area contributed by atoms with Crippen molar-refractivity contribution in [1.29, 1.82) is 0 Å². The molecule has 0 spiro atoms. The molecule has 0 aliphatic rings. The summed E-state index contributed by atoms with van der Waals surface area (Å²) in [4.78, 5) is 23.5. The number of aromatic hydroxyl groups is 1. The van der Waals surface area contributed by atoms with E-state index in [1.807, 2.05) is 0 Å². The van der Waals surface area contributed by atoms with E-state index in [1.54, 1.807) is 43.3 Å². The van der Waals surface area contributed by atoms with Crippen LogP contribution in [0.25, 0.3) is 6.08 Å². The van der Waals surface area contributed by atoms with Gasteiger partial charge in [-0.1, -0.05) is 30.3 Å². The number of carboxylic acid groups (broad SMARTS) is 1. The lowest BCUT2D eigenvalue weighted by atomic mass is 10.1. The van der Waals surface area contributed by atoms with Crippen LogP contribution in [0.2, 0.25) is 0 Å². The normalized spacial score (nSPS) is 11.0. The number of phenolic OH excluding ortho intramolecular Hbond substituents is 1. The molecule has 0 saturated carbocycles. The van der Waals surface area contributed by atoms with E-state index in [2.05, 4.69) is 5.32 Å². The van der Waals surface area contributed by atoms with E-state index >= 15 is 0 Å². The van der Waals surface area contributed by atoms with Crippen LogP contribution in [0.15, 0.2) is 54.2 Å². The van der Waals surface area contributed by atoms with E-state index in [4.69, 9.17) is 0 Å². The number of carboxylic acids is 1. The van der Waals surface area contributed by atoms with Gasteiger partial charge in [0, 0.05) is 5.56 Å². The van der Waals surface area contributed by atoms with Crippen molar-refractivity contribution in [3.8, 4) is 5.75 Å². The van der Waals surface area contributed by atoms with Gasteiger partial charge >= 0.3 is 5.97 Å². The smallest absolute Gasteiger partial charge is 0.352 e. The molecule has 0 heterocycles. The molecule has 5 heteroatoms. The molecule has 1 amide bonds. The van der Waals surface area contributed by atoms with Crippen LogP contribution < -0.4 is 5.32 Å². The van der Waals surface area contributed by atoms with Gasteiger partial charge in [-0.05, 0) is 42.3 Å². The average Bonchev–Trinajstić information content (AvgIpc) is 2.49. The molecular formula is C17H15NO4. The Labute approximate surface area is 127 Å². The number of aryl methyl sites for hydroxylation is 1. The second-order valence-electron chi connectivity index (χ2n) is 4.72. The Morgan fingerprint density at radius 3 is 2.27 bits per heavy atom. The van der Waals surface area contributed by atoms with Crippen molar-refractivity contribution in [3.63, 3.8) is 0 Å². The molecule has 2 aromatic rings. The van der Waals surface area contributed by atoms with Gasteiger partial charge in [-0.2, -0.15) is 0 Å². The van der Waals surface area contributed by atoms with E-state index in [-0.39, 0.29) is 11.4 Å². The average molecular weight is 297 g/mol. The fraction of sp³-hybridized carbons (Fsp3) is 0.0588. The van der Waals surface area contributed by atoms with E-state index in [1.165, 1.54) is 18.2 Å². The Bertz CT molecular complexity index is 733. The van der Waals surface area contributed by atoms with Crippen molar-refractivity contribution in [2.24, 2.45) is 0 Å². The molecule has 3 N–H and O–H groups in total. The molecule has 2 rings (SSSR count). The van der Waals surface area contributed by atoms with Crippen LogP contribution in [0.5, 0.6) is 5.75 Å². The van der Waals surface area contributed by atoms with Gasteiger partial charge in [0.05, 0.1) is 0 Å². The largest absolute Gasteiger partial charge is 0.508 e. The number of carbonyl (C=O) groups is 2. The molecule has 0 unspecified atom stereocenters. The van der Waals surface area contributed by atoms with Gasteiger partial charge in [-0.3, -0.25) is 4.79 Å². The maximum atomic E-state index is 12.2. The molecule has 0 saturated heterocycles. The zero-order valence-corrected chi connectivity index (χ0v) is 11.9. The summed E-state index contributed by atoms with van der Waals surface area (Å²) in [7, 11) is 0. The van der Waals surface area contributed by atoms with Gasteiger partial charge < -0.3 is 15.5 Å². The topological polar surface area (TPSA) is 86.6 Å². The minimum Gasteiger partial charge on any atom is -0.508 e. The third kappa shape index (κ3) is 3.73. The molecule has 0 aromatic heterocycles. The number of amides is 1. The van der Waals surface area contributed by atoms with E-state index in [9.17, 15) is 19.8 Å². The highest BCUT2D eigenvalue weighted by Gasteiger charge is 2.14. The molecule has 0 bridgehead atoms. The summed E-state index contributed by atoms with van der Waals surface area (Å²) in [6, 6.07) is 12.9. The van der Waals surface area contributed by atoms with Crippen molar-refractivity contribution in [2.75, 3.05) is 0 Å². The Balaban J connectivity index is 2.26. The molecule has 2 aromatic carbocycles. The first-order valence-corrected chi connectivity index (χ1v) is 6.58. The lowest BCUT2D eigenvalue weighted by Gasteiger charge is -2.08. The fourth-order valence-corrected chi connectivity index (χ4v) is 1.91. The summed E-state index contributed by atoms with van der Waals surface area (Å²) in [5.41, 5.74) is 1.49. The first-order chi connectivity index (χ1) is 10.5. The lowest BCUT2D eigenvalue weighted by molar-refractivity contribution is -0.132. The molecule has 5 nitrogen and oxygen atoms in total. The van der Waals surface area contributed by atoms with Crippen LogP contribution in [0.3, 0.4) is 0 Å². The molecular weight excluding hydrogens is 282 g/mol. The van der Waals surface area contributed by atoms with Crippen LogP contribution in [0.4, 0.5) is 0 Å². The van der Waals surface area contributed by atoms with Gasteiger partial charge in [-0.15, -0.1) is 0 Å². The van der Waals surface area contributed by atoms with E-state index in [0.29, 0.717) is 11.1 Å². The Hall–Kier alpha value is -3.08.